The van der Waals surface area contributed by atoms with Crippen molar-refractivity contribution in [3.05, 3.63) is 53.6 Å². The van der Waals surface area contributed by atoms with Gasteiger partial charge in [0.15, 0.2) is 0 Å². The second-order valence-corrected chi connectivity index (χ2v) is 6.85. The molecule has 2 aromatic carbocycles. The molecule has 0 fully saturated rings. The van der Waals surface area contributed by atoms with Crippen LogP contribution in [-0.4, -0.2) is 30.5 Å². The van der Waals surface area contributed by atoms with Crippen LogP contribution in [0.3, 0.4) is 0 Å². The van der Waals surface area contributed by atoms with E-state index in [0.29, 0.717) is 0 Å². The van der Waals surface area contributed by atoms with E-state index >= 15 is 0 Å². The summed E-state index contributed by atoms with van der Waals surface area (Å²) in [6.07, 6.45) is 3.25. The maximum Gasteiger partial charge on any atom is 0.133 e. The maximum atomic E-state index is 5.65. The van der Waals surface area contributed by atoms with E-state index in [1.165, 1.54) is 11.1 Å². The van der Waals surface area contributed by atoms with Crippen LogP contribution in [-0.2, 0) is 6.42 Å². The van der Waals surface area contributed by atoms with Gasteiger partial charge in [0.05, 0.1) is 25.5 Å². The van der Waals surface area contributed by atoms with E-state index in [1.54, 1.807) is 14.2 Å². The van der Waals surface area contributed by atoms with Crippen molar-refractivity contribution in [2.24, 2.45) is 0 Å². The average molecular weight is 363 g/mol. The Morgan fingerprint density at radius 1 is 1.00 bits per heavy atom. The summed E-state index contributed by atoms with van der Waals surface area (Å²) in [4.78, 5) is 0. The fraction of sp³-hybridized carbons (Fsp3) is 0.318. The maximum absolute atomic E-state index is 5.65. The highest BCUT2D eigenvalue weighted by atomic mass is 16.5. The lowest BCUT2D eigenvalue weighted by Crippen LogP contribution is -2.07. The first-order valence-electron chi connectivity index (χ1n) is 9.37. The largest absolute Gasteiger partial charge is 0.496 e. The molecular formula is C22H25N3O2. The molecule has 1 aliphatic rings. The zero-order chi connectivity index (χ0) is 18.8. The van der Waals surface area contributed by atoms with Crippen LogP contribution in [0.25, 0.3) is 16.9 Å². The number of methoxy groups -OCH3 is 2. The molecule has 0 spiro atoms. The lowest BCUT2D eigenvalue weighted by Gasteiger charge is -2.12. The summed E-state index contributed by atoms with van der Waals surface area (Å²) in [7, 11) is 3.37. The number of benzene rings is 2. The second kappa shape index (κ2) is 7.35. The highest BCUT2D eigenvalue weighted by Crippen LogP contribution is 2.42. The van der Waals surface area contributed by atoms with Gasteiger partial charge >= 0.3 is 0 Å². The minimum Gasteiger partial charge on any atom is -0.496 e. The summed E-state index contributed by atoms with van der Waals surface area (Å²) in [6.45, 7) is 3.05. The van der Waals surface area contributed by atoms with Crippen LogP contribution >= 0.6 is 0 Å². The number of nitrogens with one attached hydrogen (secondary N) is 1. The van der Waals surface area contributed by atoms with Crippen LogP contribution in [0.4, 0.5) is 5.82 Å². The first-order valence-corrected chi connectivity index (χ1v) is 9.37. The van der Waals surface area contributed by atoms with Gasteiger partial charge < -0.3 is 14.8 Å². The van der Waals surface area contributed by atoms with Gasteiger partial charge in [-0.2, -0.15) is 5.10 Å². The molecular weight excluding hydrogens is 338 g/mol. The summed E-state index contributed by atoms with van der Waals surface area (Å²) < 4.78 is 13.3. The van der Waals surface area contributed by atoms with E-state index in [2.05, 4.69) is 36.5 Å². The lowest BCUT2D eigenvalue weighted by molar-refractivity contribution is 0.397. The van der Waals surface area contributed by atoms with Crippen molar-refractivity contribution >= 4 is 5.82 Å². The third-order valence-corrected chi connectivity index (χ3v) is 5.04. The Bertz CT molecular complexity index is 940. The molecule has 27 heavy (non-hydrogen) atoms. The van der Waals surface area contributed by atoms with Crippen molar-refractivity contribution in [2.45, 2.75) is 26.2 Å². The van der Waals surface area contributed by atoms with Crippen molar-refractivity contribution < 1.29 is 9.47 Å². The van der Waals surface area contributed by atoms with Gasteiger partial charge in [0.1, 0.15) is 23.0 Å². The fourth-order valence-corrected chi connectivity index (χ4v) is 3.73. The third-order valence-electron chi connectivity index (χ3n) is 5.04. The standard InChI is InChI=1S/C22H25N3O2/c1-15-8-6-9-16(14-15)25-22-17(10-4-5-13-23-22)21(24-25)20-18(26-2)11-7-12-19(20)27-3/h6-9,11-12,14,23H,4-5,10,13H2,1-3H3. The minimum absolute atomic E-state index is 0.773. The predicted octanol–water partition coefficient (Wildman–Crippen LogP) is 4.61. The van der Waals surface area contributed by atoms with Gasteiger partial charge in [-0.1, -0.05) is 18.2 Å². The molecule has 140 valence electrons. The first-order chi connectivity index (χ1) is 13.2. The molecule has 1 aromatic heterocycles. The second-order valence-electron chi connectivity index (χ2n) is 6.85. The topological polar surface area (TPSA) is 48.3 Å². The van der Waals surface area contributed by atoms with E-state index < -0.39 is 0 Å². The zero-order valence-corrected chi connectivity index (χ0v) is 16.1. The molecule has 0 bridgehead atoms. The highest BCUT2D eigenvalue weighted by molar-refractivity contribution is 5.80. The molecule has 0 saturated heterocycles. The number of hydrogen-bond acceptors (Lipinski definition) is 4. The van der Waals surface area contributed by atoms with E-state index in [4.69, 9.17) is 14.6 Å². The summed E-state index contributed by atoms with van der Waals surface area (Å²) in [5.41, 5.74) is 5.32. The lowest BCUT2D eigenvalue weighted by atomic mass is 10.0. The predicted molar refractivity (Wildman–Crippen MR) is 108 cm³/mol. The van der Waals surface area contributed by atoms with Crippen LogP contribution in [0, 0.1) is 6.92 Å². The molecule has 1 N–H and O–H groups in total. The normalized spacial score (nSPS) is 13.4. The van der Waals surface area contributed by atoms with Crippen LogP contribution in [0.1, 0.15) is 24.0 Å². The van der Waals surface area contributed by atoms with Crippen molar-refractivity contribution in [1.82, 2.24) is 9.78 Å². The van der Waals surface area contributed by atoms with Crippen LogP contribution in [0.2, 0.25) is 0 Å². The summed E-state index contributed by atoms with van der Waals surface area (Å²) in [6, 6.07) is 14.3. The van der Waals surface area contributed by atoms with Crippen LogP contribution in [0.5, 0.6) is 11.5 Å². The third kappa shape index (κ3) is 3.14. The number of rotatable bonds is 4. The first kappa shape index (κ1) is 17.5. The molecule has 0 unspecified atom stereocenters. The molecule has 0 saturated carbocycles. The molecule has 0 aliphatic carbocycles. The molecule has 1 aliphatic heterocycles. The quantitative estimate of drug-likeness (QED) is 0.735. The smallest absolute Gasteiger partial charge is 0.133 e. The average Bonchev–Trinajstić information content (AvgIpc) is 2.87. The molecule has 0 radical (unpaired) electrons. The molecule has 3 aromatic rings. The number of ether oxygens (including phenoxy) is 2. The van der Waals surface area contributed by atoms with Gasteiger partial charge in [-0.3, -0.25) is 0 Å². The van der Waals surface area contributed by atoms with E-state index in [9.17, 15) is 0 Å². The number of aromatic nitrogens is 2. The Morgan fingerprint density at radius 2 is 1.74 bits per heavy atom. The number of hydrogen-bond donors (Lipinski definition) is 1. The van der Waals surface area contributed by atoms with E-state index in [-0.39, 0.29) is 0 Å². The van der Waals surface area contributed by atoms with Crippen LogP contribution < -0.4 is 14.8 Å². The van der Waals surface area contributed by atoms with Gasteiger partial charge in [0.25, 0.3) is 0 Å². The Labute approximate surface area is 159 Å². The van der Waals surface area contributed by atoms with Crippen molar-refractivity contribution in [3.8, 4) is 28.4 Å². The van der Waals surface area contributed by atoms with Gasteiger partial charge in [0, 0.05) is 12.1 Å². The summed E-state index contributed by atoms with van der Waals surface area (Å²) >= 11 is 0. The number of anilines is 1. The van der Waals surface area contributed by atoms with E-state index in [1.807, 2.05) is 22.9 Å². The zero-order valence-electron chi connectivity index (χ0n) is 16.1. The van der Waals surface area contributed by atoms with Crippen LogP contribution in [0.15, 0.2) is 42.5 Å². The highest BCUT2D eigenvalue weighted by Gasteiger charge is 2.25. The number of aryl methyl sites for hydroxylation is 1. The van der Waals surface area contributed by atoms with Gasteiger partial charge in [-0.25, -0.2) is 4.68 Å². The van der Waals surface area contributed by atoms with Crippen molar-refractivity contribution in [3.63, 3.8) is 0 Å². The molecule has 5 nitrogen and oxygen atoms in total. The number of fused-ring (bicyclic) bond motifs is 1. The Hall–Kier alpha value is -2.95. The summed E-state index contributed by atoms with van der Waals surface area (Å²) in [5, 5.41) is 8.62. The van der Waals surface area contributed by atoms with E-state index in [0.717, 1.165) is 60.1 Å². The molecule has 2 heterocycles. The van der Waals surface area contributed by atoms with Crippen molar-refractivity contribution in [2.75, 3.05) is 26.1 Å². The fourth-order valence-electron chi connectivity index (χ4n) is 3.73. The number of nitrogens with zero attached hydrogens (tertiary/aromatic N) is 2. The summed E-state index contributed by atoms with van der Waals surface area (Å²) in [5.74, 6) is 2.62. The SMILES string of the molecule is COc1cccc(OC)c1-c1nn(-c2cccc(C)c2)c2c1CCCCN2. The molecule has 4 rings (SSSR count). The van der Waals surface area contributed by atoms with Gasteiger partial charge in [-0.05, 0) is 56.0 Å². The Morgan fingerprint density at radius 3 is 2.44 bits per heavy atom. The van der Waals surface area contributed by atoms with Gasteiger partial charge in [0.2, 0.25) is 0 Å². The Balaban J connectivity index is 1.98. The molecule has 0 atom stereocenters. The van der Waals surface area contributed by atoms with Gasteiger partial charge in [-0.15, -0.1) is 0 Å². The van der Waals surface area contributed by atoms with Crippen molar-refractivity contribution in [1.29, 1.82) is 0 Å². The minimum atomic E-state index is 0.773. The Kier molecular flexibility index (Phi) is 4.75. The molecule has 5 heteroatoms. The monoisotopic (exact) mass is 363 g/mol. The molecule has 0 amide bonds.